The van der Waals surface area contributed by atoms with E-state index in [0.717, 1.165) is 17.1 Å². The second kappa shape index (κ2) is 7.05. The summed E-state index contributed by atoms with van der Waals surface area (Å²) in [6, 6.07) is 10.9. The Labute approximate surface area is 144 Å². The lowest BCUT2D eigenvalue weighted by molar-refractivity contribution is 0.0694. The number of carbonyl (C=O) groups is 2. The number of hydrogen-bond acceptors (Lipinski definition) is 4. The monoisotopic (exact) mass is 342 g/mol. The van der Waals surface area contributed by atoms with Crippen LogP contribution >= 0.6 is 11.8 Å². The van der Waals surface area contributed by atoms with Crippen LogP contribution < -0.4 is 0 Å². The van der Waals surface area contributed by atoms with Crippen LogP contribution in [0, 0.1) is 6.92 Å². The van der Waals surface area contributed by atoms with E-state index in [1.807, 2.05) is 43.0 Å². The molecule has 1 aromatic heterocycles. The van der Waals surface area contributed by atoms with Gasteiger partial charge in [0.25, 0.3) is 5.91 Å². The van der Waals surface area contributed by atoms with Crippen molar-refractivity contribution in [1.29, 1.82) is 0 Å². The number of aromatic nitrogens is 1. The fourth-order valence-electron chi connectivity index (χ4n) is 2.74. The largest absolute Gasteiger partial charge is 0.478 e. The van der Waals surface area contributed by atoms with Gasteiger partial charge in [-0.3, -0.25) is 9.78 Å². The summed E-state index contributed by atoms with van der Waals surface area (Å²) in [5.41, 5.74) is 2.52. The maximum absolute atomic E-state index is 12.9. The summed E-state index contributed by atoms with van der Waals surface area (Å²) in [4.78, 5) is 29.9. The van der Waals surface area contributed by atoms with Gasteiger partial charge in [0.15, 0.2) is 0 Å². The predicted molar refractivity (Wildman–Crippen MR) is 93.5 cm³/mol. The highest BCUT2D eigenvalue weighted by molar-refractivity contribution is 7.99. The van der Waals surface area contributed by atoms with Gasteiger partial charge in [-0.05, 0) is 24.6 Å². The van der Waals surface area contributed by atoms with E-state index < -0.39 is 5.97 Å². The maximum atomic E-state index is 12.9. The van der Waals surface area contributed by atoms with Gasteiger partial charge in [-0.2, -0.15) is 11.8 Å². The Morgan fingerprint density at radius 3 is 2.71 bits per heavy atom. The van der Waals surface area contributed by atoms with Gasteiger partial charge in [0, 0.05) is 24.2 Å². The molecule has 1 N–H and O–H groups in total. The first-order valence-electron chi connectivity index (χ1n) is 7.71. The molecule has 0 radical (unpaired) electrons. The number of amides is 1. The lowest BCUT2D eigenvalue weighted by Crippen LogP contribution is -2.41. The van der Waals surface area contributed by atoms with Crippen molar-refractivity contribution in [3.05, 3.63) is 65.0 Å². The van der Waals surface area contributed by atoms with E-state index in [1.54, 1.807) is 4.90 Å². The van der Waals surface area contributed by atoms with Crippen molar-refractivity contribution in [2.75, 3.05) is 18.1 Å². The van der Waals surface area contributed by atoms with Crippen molar-refractivity contribution >= 4 is 23.6 Å². The number of aromatic carboxylic acids is 1. The van der Waals surface area contributed by atoms with E-state index in [2.05, 4.69) is 4.98 Å². The van der Waals surface area contributed by atoms with Crippen molar-refractivity contribution in [3.63, 3.8) is 0 Å². The molecule has 1 aliphatic rings. The first-order valence-corrected chi connectivity index (χ1v) is 8.86. The number of rotatable bonds is 3. The average molecular weight is 342 g/mol. The molecule has 2 aromatic rings. The number of carboxylic acids is 1. The van der Waals surface area contributed by atoms with Crippen LogP contribution in [-0.4, -0.2) is 44.9 Å². The molecule has 1 unspecified atom stereocenters. The normalized spacial score (nSPS) is 17.5. The molecule has 3 rings (SSSR count). The van der Waals surface area contributed by atoms with Gasteiger partial charge in [-0.1, -0.05) is 29.8 Å². The third-order valence-corrected chi connectivity index (χ3v) is 5.10. The third-order valence-electron chi connectivity index (χ3n) is 4.08. The summed E-state index contributed by atoms with van der Waals surface area (Å²) in [5, 5.41) is 9.10. The highest BCUT2D eigenvalue weighted by Gasteiger charge is 2.30. The van der Waals surface area contributed by atoms with Crippen LogP contribution in [0.5, 0.6) is 0 Å². The standard InChI is InChI=1S/C18H18N2O3S/c1-12-2-4-13(5-3-12)16-11-24-9-8-20(16)17(21)15-10-14(18(22)23)6-7-19-15/h2-7,10,16H,8-9,11H2,1H3,(H,22,23). The molecule has 124 valence electrons. The molecule has 1 aliphatic heterocycles. The highest BCUT2D eigenvalue weighted by atomic mass is 32.2. The summed E-state index contributed by atoms with van der Waals surface area (Å²) >= 11 is 1.82. The number of benzene rings is 1. The minimum Gasteiger partial charge on any atom is -0.478 e. The minimum absolute atomic E-state index is 0.0212. The number of thioether (sulfide) groups is 1. The topological polar surface area (TPSA) is 70.5 Å². The molecule has 0 saturated carbocycles. The Balaban J connectivity index is 1.90. The van der Waals surface area contributed by atoms with Crippen LogP contribution in [0.3, 0.4) is 0 Å². The van der Waals surface area contributed by atoms with Crippen LogP contribution in [0.4, 0.5) is 0 Å². The van der Waals surface area contributed by atoms with Gasteiger partial charge in [-0.15, -0.1) is 0 Å². The predicted octanol–water partition coefficient (Wildman–Crippen LogP) is 3.02. The molecule has 6 heteroatoms. The molecule has 1 atom stereocenters. The van der Waals surface area contributed by atoms with Crippen LogP contribution in [-0.2, 0) is 0 Å². The molecule has 2 heterocycles. The van der Waals surface area contributed by atoms with Crippen molar-refractivity contribution in [1.82, 2.24) is 9.88 Å². The van der Waals surface area contributed by atoms with Gasteiger partial charge in [0.1, 0.15) is 5.69 Å². The fraction of sp³-hybridized carbons (Fsp3) is 0.278. The van der Waals surface area contributed by atoms with Crippen LogP contribution in [0.1, 0.15) is 38.0 Å². The van der Waals surface area contributed by atoms with Crippen LogP contribution in [0.15, 0.2) is 42.6 Å². The zero-order valence-electron chi connectivity index (χ0n) is 13.3. The van der Waals surface area contributed by atoms with E-state index >= 15 is 0 Å². The Morgan fingerprint density at radius 1 is 1.25 bits per heavy atom. The third kappa shape index (κ3) is 3.43. The van der Waals surface area contributed by atoms with E-state index in [1.165, 1.54) is 23.9 Å². The fourth-order valence-corrected chi connectivity index (χ4v) is 3.83. The average Bonchev–Trinajstić information content (AvgIpc) is 2.62. The summed E-state index contributed by atoms with van der Waals surface area (Å²) in [6.07, 6.45) is 1.37. The molecule has 1 amide bonds. The molecular formula is C18H18N2O3S. The van der Waals surface area contributed by atoms with Gasteiger partial charge >= 0.3 is 5.97 Å². The second-order valence-corrected chi connectivity index (χ2v) is 6.88. The number of carboxylic acid groups (broad SMARTS) is 1. The zero-order valence-corrected chi connectivity index (χ0v) is 14.1. The molecule has 0 bridgehead atoms. The van der Waals surface area contributed by atoms with Crippen LogP contribution in [0.25, 0.3) is 0 Å². The van der Waals surface area contributed by atoms with Crippen molar-refractivity contribution in [2.45, 2.75) is 13.0 Å². The first kappa shape index (κ1) is 16.5. The molecule has 1 fully saturated rings. The summed E-state index contributed by atoms with van der Waals surface area (Å²) in [5.74, 6) is 0.417. The lowest BCUT2D eigenvalue weighted by Gasteiger charge is -2.35. The summed E-state index contributed by atoms with van der Waals surface area (Å²) in [7, 11) is 0. The van der Waals surface area contributed by atoms with Crippen molar-refractivity contribution < 1.29 is 14.7 Å². The Bertz CT molecular complexity index is 761. The summed E-state index contributed by atoms with van der Waals surface area (Å²) < 4.78 is 0. The van der Waals surface area contributed by atoms with E-state index in [9.17, 15) is 9.59 Å². The Kier molecular flexibility index (Phi) is 4.85. The van der Waals surface area contributed by atoms with Gasteiger partial charge in [0.05, 0.1) is 11.6 Å². The van der Waals surface area contributed by atoms with Gasteiger partial charge < -0.3 is 10.0 Å². The highest BCUT2D eigenvalue weighted by Crippen LogP contribution is 2.30. The number of carbonyl (C=O) groups excluding carboxylic acids is 1. The Hall–Kier alpha value is -2.34. The summed E-state index contributed by atoms with van der Waals surface area (Å²) in [6.45, 7) is 2.66. The van der Waals surface area contributed by atoms with Crippen molar-refractivity contribution in [2.24, 2.45) is 0 Å². The number of aryl methyl sites for hydroxylation is 1. The van der Waals surface area contributed by atoms with Gasteiger partial charge in [-0.25, -0.2) is 4.79 Å². The SMILES string of the molecule is Cc1ccc(C2CSCCN2C(=O)c2cc(C(=O)O)ccn2)cc1. The maximum Gasteiger partial charge on any atom is 0.335 e. The van der Waals surface area contributed by atoms with Crippen LogP contribution in [0.2, 0.25) is 0 Å². The molecule has 1 aromatic carbocycles. The van der Waals surface area contributed by atoms with E-state index in [4.69, 9.17) is 5.11 Å². The molecule has 24 heavy (non-hydrogen) atoms. The quantitative estimate of drug-likeness (QED) is 0.928. The minimum atomic E-state index is -1.06. The second-order valence-electron chi connectivity index (χ2n) is 5.73. The molecule has 5 nitrogen and oxygen atoms in total. The van der Waals surface area contributed by atoms with E-state index in [-0.39, 0.29) is 23.2 Å². The number of hydrogen-bond donors (Lipinski definition) is 1. The zero-order chi connectivity index (χ0) is 17.1. The Morgan fingerprint density at radius 2 is 2.00 bits per heavy atom. The van der Waals surface area contributed by atoms with Gasteiger partial charge in [0.2, 0.25) is 0 Å². The number of pyridine rings is 1. The lowest BCUT2D eigenvalue weighted by atomic mass is 10.0. The molecule has 1 saturated heterocycles. The molecular weight excluding hydrogens is 324 g/mol. The molecule has 0 spiro atoms. The smallest absolute Gasteiger partial charge is 0.335 e. The first-order chi connectivity index (χ1) is 11.6. The van der Waals surface area contributed by atoms with E-state index in [0.29, 0.717) is 6.54 Å². The number of nitrogens with zero attached hydrogens (tertiary/aromatic N) is 2. The molecule has 0 aliphatic carbocycles. The van der Waals surface area contributed by atoms with Crippen molar-refractivity contribution in [3.8, 4) is 0 Å².